The van der Waals surface area contributed by atoms with Gasteiger partial charge in [0.2, 0.25) is 0 Å². The van der Waals surface area contributed by atoms with E-state index in [1.807, 2.05) is 12.1 Å². The molecule has 1 unspecified atom stereocenters. The molecule has 3 N–H and O–H groups in total. The maximum atomic E-state index is 5.67. The summed E-state index contributed by atoms with van der Waals surface area (Å²) in [6, 6.07) is 8.87. The largest absolute Gasteiger partial charge is 0.399 e. The van der Waals surface area contributed by atoms with Crippen LogP contribution in [0.3, 0.4) is 0 Å². The SMILES string of the molecule is CCCCCC(C)NCCCc1ccc(N)cc1. The van der Waals surface area contributed by atoms with Crippen molar-refractivity contribution in [3.05, 3.63) is 29.8 Å². The summed E-state index contributed by atoms with van der Waals surface area (Å²) in [5.74, 6) is 0. The standard InChI is InChI=1S/C16H28N2/c1-3-4-5-7-14(2)18-13-6-8-15-9-11-16(17)12-10-15/h9-12,14,18H,3-8,13,17H2,1-2H3. The van der Waals surface area contributed by atoms with Gasteiger partial charge in [0.25, 0.3) is 0 Å². The van der Waals surface area contributed by atoms with Crippen LogP contribution >= 0.6 is 0 Å². The molecular weight excluding hydrogens is 220 g/mol. The number of nitrogens with one attached hydrogen (secondary N) is 1. The predicted molar refractivity (Wildman–Crippen MR) is 80.8 cm³/mol. The minimum Gasteiger partial charge on any atom is -0.399 e. The smallest absolute Gasteiger partial charge is 0.0314 e. The zero-order valence-electron chi connectivity index (χ0n) is 11.9. The molecule has 18 heavy (non-hydrogen) atoms. The fourth-order valence-electron chi connectivity index (χ4n) is 2.13. The molecule has 1 aromatic rings. The van der Waals surface area contributed by atoms with E-state index in [1.165, 1.54) is 37.7 Å². The van der Waals surface area contributed by atoms with Gasteiger partial charge in [0, 0.05) is 11.7 Å². The van der Waals surface area contributed by atoms with Crippen molar-refractivity contribution in [2.75, 3.05) is 12.3 Å². The van der Waals surface area contributed by atoms with Crippen LogP contribution in [-0.2, 0) is 6.42 Å². The number of hydrogen-bond donors (Lipinski definition) is 2. The van der Waals surface area contributed by atoms with Crippen LogP contribution < -0.4 is 11.1 Å². The second kappa shape index (κ2) is 8.98. The fraction of sp³-hybridized carbons (Fsp3) is 0.625. The molecule has 0 fully saturated rings. The van der Waals surface area contributed by atoms with Gasteiger partial charge in [-0.25, -0.2) is 0 Å². The zero-order chi connectivity index (χ0) is 13.2. The van der Waals surface area contributed by atoms with Gasteiger partial charge < -0.3 is 11.1 Å². The first-order valence-electron chi connectivity index (χ1n) is 7.30. The van der Waals surface area contributed by atoms with Gasteiger partial charge in [-0.2, -0.15) is 0 Å². The van der Waals surface area contributed by atoms with E-state index in [0.29, 0.717) is 6.04 Å². The second-order valence-corrected chi connectivity index (χ2v) is 5.20. The van der Waals surface area contributed by atoms with E-state index in [4.69, 9.17) is 5.73 Å². The zero-order valence-corrected chi connectivity index (χ0v) is 11.9. The lowest BCUT2D eigenvalue weighted by molar-refractivity contribution is 0.482. The molecule has 102 valence electrons. The van der Waals surface area contributed by atoms with Gasteiger partial charge >= 0.3 is 0 Å². The topological polar surface area (TPSA) is 38.0 Å². The molecule has 0 aliphatic heterocycles. The van der Waals surface area contributed by atoms with E-state index >= 15 is 0 Å². The Labute approximate surface area is 112 Å². The predicted octanol–water partition coefficient (Wildman–Crippen LogP) is 3.76. The molecule has 0 spiro atoms. The lowest BCUT2D eigenvalue weighted by Crippen LogP contribution is -2.27. The highest BCUT2D eigenvalue weighted by molar-refractivity contribution is 5.39. The van der Waals surface area contributed by atoms with Crippen LogP contribution in [0.15, 0.2) is 24.3 Å². The minimum absolute atomic E-state index is 0.656. The highest BCUT2D eigenvalue weighted by atomic mass is 14.9. The van der Waals surface area contributed by atoms with Crippen LogP contribution in [0.1, 0.15) is 51.5 Å². The van der Waals surface area contributed by atoms with Crippen molar-refractivity contribution < 1.29 is 0 Å². The maximum Gasteiger partial charge on any atom is 0.0314 e. The van der Waals surface area contributed by atoms with Gasteiger partial charge in [-0.15, -0.1) is 0 Å². The van der Waals surface area contributed by atoms with Gasteiger partial charge in [0.15, 0.2) is 0 Å². The number of hydrogen-bond acceptors (Lipinski definition) is 2. The van der Waals surface area contributed by atoms with Gasteiger partial charge in [0.1, 0.15) is 0 Å². The van der Waals surface area contributed by atoms with Crippen LogP contribution in [-0.4, -0.2) is 12.6 Å². The first kappa shape index (κ1) is 15.0. The van der Waals surface area contributed by atoms with Crippen LogP contribution in [0.4, 0.5) is 5.69 Å². The molecule has 0 amide bonds. The number of nitrogens with two attached hydrogens (primary N) is 1. The van der Waals surface area contributed by atoms with Crippen LogP contribution in [0.2, 0.25) is 0 Å². The van der Waals surface area contributed by atoms with Gasteiger partial charge in [-0.3, -0.25) is 0 Å². The lowest BCUT2D eigenvalue weighted by atomic mass is 10.1. The Hall–Kier alpha value is -1.02. The maximum absolute atomic E-state index is 5.67. The van der Waals surface area contributed by atoms with Gasteiger partial charge in [-0.1, -0.05) is 38.3 Å². The van der Waals surface area contributed by atoms with E-state index in [0.717, 1.165) is 18.7 Å². The molecule has 0 aliphatic rings. The Morgan fingerprint density at radius 1 is 1.11 bits per heavy atom. The van der Waals surface area contributed by atoms with E-state index in [1.54, 1.807) is 0 Å². The van der Waals surface area contributed by atoms with Crippen molar-refractivity contribution in [2.24, 2.45) is 0 Å². The third-order valence-corrected chi connectivity index (χ3v) is 3.36. The summed E-state index contributed by atoms with van der Waals surface area (Å²) >= 11 is 0. The molecule has 2 heteroatoms. The first-order valence-corrected chi connectivity index (χ1v) is 7.30. The lowest BCUT2D eigenvalue weighted by Gasteiger charge is -2.13. The van der Waals surface area contributed by atoms with E-state index in [2.05, 4.69) is 31.3 Å². The second-order valence-electron chi connectivity index (χ2n) is 5.20. The van der Waals surface area contributed by atoms with Gasteiger partial charge in [0.05, 0.1) is 0 Å². The summed E-state index contributed by atoms with van der Waals surface area (Å²) in [6.07, 6.45) is 7.65. The van der Waals surface area contributed by atoms with Crippen molar-refractivity contribution in [3.63, 3.8) is 0 Å². The van der Waals surface area contributed by atoms with Crippen LogP contribution in [0.25, 0.3) is 0 Å². The number of unbranched alkanes of at least 4 members (excludes halogenated alkanes) is 2. The number of rotatable bonds is 9. The summed E-state index contributed by atoms with van der Waals surface area (Å²) in [5.41, 5.74) is 7.89. The molecule has 0 saturated heterocycles. The summed E-state index contributed by atoms with van der Waals surface area (Å²) in [7, 11) is 0. The average molecular weight is 248 g/mol. The summed E-state index contributed by atoms with van der Waals surface area (Å²) < 4.78 is 0. The molecule has 0 saturated carbocycles. The quantitative estimate of drug-likeness (QED) is 0.516. The highest BCUT2D eigenvalue weighted by Crippen LogP contribution is 2.07. The molecule has 0 heterocycles. The summed E-state index contributed by atoms with van der Waals surface area (Å²) in [4.78, 5) is 0. The molecule has 2 nitrogen and oxygen atoms in total. The molecule has 1 rings (SSSR count). The fourth-order valence-corrected chi connectivity index (χ4v) is 2.13. The van der Waals surface area contributed by atoms with Crippen LogP contribution in [0.5, 0.6) is 0 Å². The van der Waals surface area contributed by atoms with Crippen molar-refractivity contribution in [3.8, 4) is 0 Å². The molecule has 1 atom stereocenters. The summed E-state index contributed by atoms with van der Waals surface area (Å²) in [6.45, 7) is 5.65. The molecule has 0 aromatic heterocycles. The molecule has 0 bridgehead atoms. The van der Waals surface area contributed by atoms with E-state index < -0.39 is 0 Å². The highest BCUT2D eigenvalue weighted by Gasteiger charge is 2.00. The Bertz CT molecular complexity index is 305. The van der Waals surface area contributed by atoms with Crippen LogP contribution in [0, 0.1) is 0 Å². The average Bonchev–Trinajstić information content (AvgIpc) is 2.37. The Kier molecular flexibility index (Phi) is 7.51. The molecule has 0 radical (unpaired) electrons. The van der Waals surface area contributed by atoms with E-state index in [9.17, 15) is 0 Å². The monoisotopic (exact) mass is 248 g/mol. The Morgan fingerprint density at radius 2 is 1.83 bits per heavy atom. The molecular formula is C16H28N2. The third-order valence-electron chi connectivity index (χ3n) is 3.36. The normalized spacial score (nSPS) is 12.6. The summed E-state index contributed by atoms with van der Waals surface area (Å²) in [5, 5.41) is 3.60. The Morgan fingerprint density at radius 3 is 2.50 bits per heavy atom. The van der Waals surface area contributed by atoms with E-state index in [-0.39, 0.29) is 0 Å². The number of aryl methyl sites for hydroxylation is 1. The molecule has 1 aromatic carbocycles. The van der Waals surface area contributed by atoms with Crippen molar-refractivity contribution in [1.82, 2.24) is 5.32 Å². The molecule has 0 aliphatic carbocycles. The number of nitrogen functional groups attached to an aromatic ring is 1. The Balaban J connectivity index is 2.05. The number of anilines is 1. The van der Waals surface area contributed by atoms with Crippen molar-refractivity contribution in [2.45, 2.75) is 58.4 Å². The third kappa shape index (κ3) is 6.65. The first-order chi connectivity index (χ1) is 8.72. The van der Waals surface area contributed by atoms with Crippen molar-refractivity contribution in [1.29, 1.82) is 0 Å². The van der Waals surface area contributed by atoms with Gasteiger partial charge in [-0.05, 0) is 50.4 Å². The number of benzene rings is 1. The minimum atomic E-state index is 0.656. The van der Waals surface area contributed by atoms with Crippen molar-refractivity contribution >= 4 is 5.69 Å².